The summed E-state index contributed by atoms with van der Waals surface area (Å²) in [4.78, 5) is 13.0. The van der Waals surface area contributed by atoms with E-state index in [4.69, 9.17) is 0 Å². The Bertz CT molecular complexity index is 544. The minimum atomic E-state index is -4.91. The van der Waals surface area contributed by atoms with Crippen molar-refractivity contribution in [2.45, 2.75) is 18.9 Å². The van der Waals surface area contributed by atoms with Gasteiger partial charge in [-0.15, -0.1) is 12.4 Å². The van der Waals surface area contributed by atoms with Crippen LogP contribution in [0.5, 0.6) is 0 Å². The number of nitrogens with one attached hydrogen (secondary N) is 2. The highest BCUT2D eigenvalue weighted by atomic mass is 35.5. The van der Waals surface area contributed by atoms with E-state index in [1.807, 2.05) is 0 Å². The number of nitrogens with zero attached hydrogens (tertiary/aromatic N) is 1. The van der Waals surface area contributed by atoms with Crippen LogP contribution in [0.25, 0.3) is 0 Å². The number of halogens is 7. The van der Waals surface area contributed by atoms with Gasteiger partial charge in [-0.25, -0.2) is 4.79 Å². The molecule has 2 amide bonds. The third-order valence-electron chi connectivity index (χ3n) is 3.14. The number of carbonyl (C=O) groups is 1. The lowest BCUT2D eigenvalue weighted by atomic mass is 10.0. The van der Waals surface area contributed by atoms with Gasteiger partial charge in [-0.3, -0.25) is 0 Å². The molecular formula is C14H18ClF6N3O. The van der Waals surface area contributed by atoms with Gasteiger partial charge in [0.1, 0.15) is 0 Å². The molecule has 4 nitrogen and oxygen atoms in total. The number of hydrogen-bond donors (Lipinski definition) is 2. The monoisotopic (exact) mass is 393 g/mol. The highest BCUT2D eigenvalue weighted by Gasteiger charge is 2.36. The van der Waals surface area contributed by atoms with Gasteiger partial charge in [0, 0.05) is 26.7 Å². The lowest BCUT2D eigenvalue weighted by Crippen LogP contribution is -2.40. The Morgan fingerprint density at radius 1 is 1.04 bits per heavy atom. The van der Waals surface area contributed by atoms with Crippen molar-refractivity contribution in [3.8, 4) is 0 Å². The van der Waals surface area contributed by atoms with Crippen LogP contribution >= 0.6 is 12.4 Å². The van der Waals surface area contributed by atoms with Gasteiger partial charge in [0.05, 0.1) is 11.1 Å². The Kier molecular flexibility index (Phi) is 8.52. The Balaban J connectivity index is 0.00000576. The fraction of sp³-hybridized carbons (Fsp3) is 0.500. The number of carbonyl (C=O) groups excluding carboxylic acids is 1. The van der Waals surface area contributed by atoms with Gasteiger partial charge in [0.2, 0.25) is 0 Å². The maximum atomic E-state index is 12.7. The zero-order valence-electron chi connectivity index (χ0n) is 13.4. The van der Waals surface area contributed by atoms with Crippen LogP contribution in [0.4, 0.5) is 31.1 Å². The molecule has 0 saturated heterocycles. The van der Waals surface area contributed by atoms with Crippen molar-refractivity contribution in [2.24, 2.45) is 0 Å². The molecule has 0 atom stereocenters. The van der Waals surface area contributed by atoms with Crippen LogP contribution in [-0.2, 0) is 18.9 Å². The SMILES string of the molecule is CNCCN(C)C(=O)NCc1cc(C(F)(F)F)cc(C(F)(F)F)c1.Cl. The zero-order valence-corrected chi connectivity index (χ0v) is 14.2. The molecule has 0 fully saturated rings. The van der Waals surface area contributed by atoms with Crippen LogP contribution in [0.2, 0.25) is 0 Å². The average molecular weight is 394 g/mol. The van der Waals surface area contributed by atoms with Crippen molar-refractivity contribution in [1.82, 2.24) is 15.5 Å². The van der Waals surface area contributed by atoms with Crippen molar-refractivity contribution < 1.29 is 31.1 Å². The number of rotatable bonds is 5. The summed E-state index contributed by atoms with van der Waals surface area (Å²) in [6, 6.07) is 0.618. The molecule has 0 aliphatic rings. The lowest BCUT2D eigenvalue weighted by Gasteiger charge is -2.18. The Morgan fingerprint density at radius 3 is 1.92 bits per heavy atom. The summed E-state index contributed by atoms with van der Waals surface area (Å²) in [5.41, 5.74) is -3.11. The van der Waals surface area contributed by atoms with Gasteiger partial charge in [-0.2, -0.15) is 26.3 Å². The summed E-state index contributed by atoms with van der Waals surface area (Å²) in [7, 11) is 3.13. The van der Waals surface area contributed by atoms with Gasteiger partial charge in [-0.05, 0) is 30.8 Å². The third-order valence-corrected chi connectivity index (χ3v) is 3.14. The van der Waals surface area contributed by atoms with Gasteiger partial charge >= 0.3 is 18.4 Å². The van der Waals surface area contributed by atoms with Gasteiger partial charge < -0.3 is 15.5 Å². The van der Waals surface area contributed by atoms with Crippen molar-refractivity contribution in [1.29, 1.82) is 0 Å². The van der Waals surface area contributed by atoms with E-state index in [9.17, 15) is 31.1 Å². The maximum Gasteiger partial charge on any atom is 0.416 e. The van der Waals surface area contributed by atoms with E-state index in [0.717, 1.165) is 0 Å². The first-order valence-electron chi connectivity index (χ1n) is 6.87. The van der Waals surface area contributed by atoms with E-state index < -0.39 is 36.1 Å². The van der Waals surface area contributed by atoms with Crippen LogP contribution in [0.15, 0.2) is 18.2 Å². The number of urea groups is 1. The predicted molar refractivity (Wildman–Crippen MR) is 82.5 cm³/mol. The van der Waals surface area contributed by atoms with E-state index in [1.165, 1.54) is 11.9 Å². The van der Waals surface area contributed by atoms with Crippen molar-refractivity contribution >= 4 is 18.4 Å². The molecule has 0 unspecified atom stereocenters. The highest BCUT2D eigenvalue weighted by Crippen LogP contribution is 2.36. The normalized spacial score (nSPS) is 11.7. The number of hydrogen-bond acceptors (Lipinski definition) is 2. The molecule has 0 aliphatic heterocycles. The second-order valence-electron chi connectivity index (χ2n) is 5.10. The fourth-order valence-electron chi connectivity index (χ4n) is 1.82. The summed E-state index contributed by atoms with van der Waals surface area (Å²) in [5.74, 6) is 0. The largest absolute Gasteiger partial charge is 0.416 e. The molecule has 0 aromatic heterocycles. The van der Waals surface area contributed by atoms with Crippen LogP contribution in [0.3, 0.4) is 0 Å². The molecule has 1 aromatic rings. The van der Waals surface area contributed by atoms with E-state index in [1.54, 1.807) is 7.05 Å². The van der Waals surface area contributed by atoms with Crippen LogP contribution in [-0.4, -0.2) is 38.1 Å². The molecule has 144 valence electrons. The summed E-state index contributed by atoms with van der Waals surface area (Å²) in [6.45, 7) is 0.375. The molecule has 11 heteroatoms. The molecule has 2 N–H and O–H groups in total. The number of alkyl halides is 6. The average Bonchev–Trinajstić information content (AvgIpc) is 2.48. The summed E-state index contributed by atoms with van der Waals surface area (Å²) < 4.78 is 76.4. The van der Waals surface area contributed by atoms with Crippen molar-refractivity contribution in [3.63, 3.8) is 0 Å². The Labute approximate surface area is 147 Å². The first-order valence-corrected chi connectivity index (χ1v) is 6.87. The Hall–Kier alpha value is -1.68. The number of benzene rings is 1. The molecule has 0 bridgehead atoms. The van der Waals surface area contributed by atoms with Crippen LogP contribution < -0.4 is 10.6 Å². The Morgan fingerprint density at radius 2 is 1.52 bits per heavy atom. The summed E-state index contributed by atoms with van der Waals surface area (Å²) in [5, 5.41) is 5.09. The molecular weight excluding hydrogens is 376 g/mol. The van der Waals surface area contributed by atoms with Crippen LogP contribution in [0.1, 0.15) is 16.7 Å². The van der Waals surface area contributed by atoms with Gasteiger partial charge in [-0.1, -0.05) is 0 Å². The first kappa shape index (κ1) is 23.3. The highest BCUT2D eigenvalue weighted by molar-refractivity contribution is 5.85. The summed E-state index contributed by atoms with van der Waals surface area (Å²) in [6.07, 6.45) is -9.83. The molecule has 0 heterocycles. The minimum Gasteiger partial charge on any atom is -0.334 e. The summed E-state index contributed by atoms with van der Waals surface area (Å²) >= 11 is 0. The quantitative estimate of drug-likeness (QED) is 0.752. The van der Waals surface area contributed by atoms with E-state index in [0.29, 0.717) is 25.2 Å². The lowest BCUT2D eigenvalue weighted by molar-refractivity contribution is -0.143. The zero-order chi connectivity index (χ0) is 18.5. The third kappa shape index (κ3) is 7.39. The first-order chi connectivity index (χ1) is 10.9. The number of amides is 2. The van der Waals surface area contributed by atoms with E-state index in [-0.39, 0.29) is 24.0 Å². The van der Waals surface area contributed by atoms with Crippen molar-refractivity contribution in [2.75, 3.05) is 27.2 Å². The standard InChI is InChI=1S/C14H17F6N3O.ClH/c1-21-3-4-23(2)12(24)22-8-9-5-10(13(15,16)17)7-11(6-9)14(18,19)20;/h5-7,21H,3-4,8H2,1-2H3,(H,22,24);1H. The second-order valence-corrected chi connectivity index (χ2v) is 5.10. The maximum absolute atomic E-state index is 12.7. The van der Waals surface area contributed by atoms with E-state index in [2.05, 4.69) is 10.6 Å². The molecule has 25 heavy (non-hydrogen) atoms. The van der Waals surface area contributed by atoms with E-state index >= 15 is 0 Å². The molecule has 1 rings (SSSR count). The molecule has 0 spiro atoms. The molecule has 1 aromatic carbocycles. The van der Waals surface area contributed by atoms with Crippen LogP contribution in [0, 0.1) is 0 Å². The smallest absolute Gasteiger partial charge is 0.334 e. The topological polar surface area (TPSA) is 44.4 Å². The fourth-order valence-corrected chi connectivity index (χ4v) is 1.82. The molecule has 0 aliphatic carbocycles. The van der Waals surface area contributed by atoms with Gasteiger partial charge in [0.25, 0.3) is 0 Å². The number of likely N-dealkylation sites (N-methyl/N-ethyl adjacent to an activating group) is 2. The minimum absolute atomic E-state index is 0. The van der Waals surface area contributed by atoms with Crippen molar-refractivity contribution in [3.05, 3.63) is 34.9 Å². The molecule has 0 radical (unpaired) electrons. The second kappa shape index (κ2) is 9.14. The molecule has 0 saturated carbocycles. The predicted octanol–water partition coefficient (Wildman–Crippen LogP) is 3.51. The van der Waals surface area contributed by atoms with Gasteiger partial charge in [0.15, 0.2) is 0 Å².